The third kappa shape index (κ3) is 5.37. The summed E-state index contributed by atoms with van der Waals surface area (Å²) in [5.74, 6) is 0.273. The standard InChI is InChI=1S/C17H19ClN2O4S/c1-24-16-5-3-4-13(12-16)17(21)19-10-11-20(25(2,22)23)15-8-6-14(18)7-9-15/h3-9,12H,10-11H2,1-2H3,(H,19,21). The second-order valence-corrected chi connectivity index (χ2v) is 7.64. The minimum atomic E-state index is -3.49. The lowest BCUT2D eigenvalue weighted by Crippen LogP contribution is -2.38. The number of methoxy groups -OCH3 is 1. The molecular weight excluding hydrogens is 364 g/mol. The fourth-order valence-corrected chi connectivity index (χ4v) is 3.28. The number of rotatable bonds is 7. The average molecular weight is 383 g/mol. The topological polar surface area (TPSA) is 75.7 Å². The van der Waals surface area contributed by atoms with E-state index in [0.717, 1.165) is 6.26 Å². The van der Waals surface area contributed by atoms with Crippen molar-refractivity contribution in [3.8, 4) is 5.75 Å². The van der Waals surface area contributed by atoms with Crippen LogP contribution in [-0.4, -0.2) is 40.8 Å². The van der Waals surface area contributed by atoms with Crippen LogP contribution >= 0.6 is 11.6 Å². The normalized spacial score (nSPS) is 11.0. The summed E-state index contributed by atoms with van der Waals surface area (Å²) in [5.41, 5.74) is 0.930. The number of amides is 1. The first-order chi connectivity index (χ1) is 11.8. The molecule has 0 spiro atoms. The van der Waals surface area contributed by atoms with Crippen molar-refractivity contribution in [2.75, 3.05) is 30.8 Å². The maximum Gasteiger partial charge on any atom is 0.251 e. The van der Waals surface area contributed by atoms with E-state index < -0.39 is 10.0 Å². The van der Waals surface area contributed by atoms with E-state index in [4.69, 9.17) is 16.3 Å². The van der Waals surface area contributed by atoms with E-state index in [1.165, 1.54) is 11.4 Å². The lowest BCUT2D eigenvalue weighted by atomic mass is 10.2. The first kappa shape index (κ1) is 19.1. The monoisotopic (exact) mass is 382 g/mol. The Morgan fingerprint density at radius 3 is 2.48 bits per heavy atom. The Balaban J connectivity index is 2.03. The largest absolute Gasteiger partial charge is 0.497 e. The number of ether oxygens (including phenoxy) is 1. The SMILES string of the molecule is COc1cccc(C(=O)NCCN(c2ccc(Cl)cc2)S(C)(=O)=O)c1. The molecule has 0 aliphatic rings. The van der Waals surface area contributed by atoms with Crippen LogP contribution in [0, 0.1) is 0 Å². The summed E-state index contributed by atoms with van der Waals surface area (Å²) < 4.78 is 30.3. The zero-order valence-electron chi connectivity index (χ0n) is 13.9. The van der Waals surface area contributed by atoms with Crippen LogP contribution in [0.1, 0.15) is 10.4 Å². The number of nitrogens with zero attached hydrogens (tertiary/aromatic N) is 1. The van der Waals surface area contributed by atoms with Crippen LogP contribution < -0.4 is 14.4 Å². The van der Waals surface area contributed by atoms with Gasteiger partial charge in [0.25, 0.3) is 5.91 Å². The zero-order valence-corrected chi connectivity index (χ0v) is 15.5. The molecule has 2 aromatic carbocycles. The Bertz CT molecular complexity index is 838. The van der Waals surface area contributed by atoms with Crippen molar-refractivity contribution in [1.82, 2.24) is 5.32 Å². The molecular formula is C17H19ClN2O4S. The predicted molar refractivity (Wildman–Crippen MR) is 99.0 cm³/mol. The lowest BCUT2D eigenvalue weighted by molar-refractivity contribution is 0.0954. The number of nitrogens with one attached hydrogen (secondary N) is 1. The molecule has 0 saturated carbocycles. The summed E-state index contributed by atoms with van der Waals surface area (Å²) >= 11 is 5.83. The second kappa shape index (κ2) is 8.22. The van der Waals surface area contributed by atoms with Crippen molar-refractivity contribution in [1.29, 1.82) is 0 Å². The van der Waals surface area contributed by atoms with Crippen LogP contribution in [-0.2, 0) is 10.0 Å². The number of halogens is 1. The lowest BCUT2D eigenvalue weighted by Gasteiger charge is -2.22. The summed E-state index contributed by atoms with van der Waals surface area (Å²) in [7, 11) is -1.96. The van der Waals surface area contributed by atoms with Gasteiger partial charge in [-0.3, -0.25) is 9.10 Å². The molecule has 6 nitrogen and oxygen atoms in total. The molecule has 0 fully saturated rings. The van der Waals surface area contributed by atoms with E-state index in [-0.39, 0.29) is 19.0 Å². The van der Waals surface area contributed by atoms with Crippen molar-refractivity contribution in [2.24, 2.45) is 0 Å². The van der Waals surface area contributed by atoms with Gasteiger partial charge in [-0.2, -0.15) is 0 Å². The highest BCUT2D eigenvalue weighted by Crippen LogP contribution is 2.20. The van der Waals surface area contributed by atoms with Crippen LogP contribution in [0.15, 0.2) is 48.5 Å². The van der Waals surface area contributed by atoms with Crippen LogP contribution in [0.25, 0.3) is 0 Å². The Kier molecular flexibility index (Phi) is 6.27. The second-order valence-electron chi connectivity index (χ2n) is 5.30. The van der Waals surface area contributed by atoms with E-state index in [1.807, 2.05) is 0 Å². The third-order valence-electron chi connectivity index (χ3n) is 3.45. The average Bonchev–Trinajstić information content (AvgIpc) is 2.58. The summed E-state index contributed by atoms with van der Waals surface area (Å²) in [4.78, 5) is 12.2. The van der Waals surface area contributed by atoms with E-state index in [9.17, 15) is 13.2 Å². The number of sulfonamides is 1. The number of hydrogen-bond donors (Lipinski definition) is 1. The molecule has 134 valence electrons. The summed E-state index contributed by atoms with van der Waals surface area (Å²) in [6, 6.07) is 13.2. The molecule has 0 heterocycles. The van der Waals surface area contributed by atoms with Crippen LogP contribution in [0.5, 0.6) is 5.75 Å². The first-order valence-corrected chi connectivity index (χ1v) is 9.69. The Morgan fingerprint density at radius 1 is 1.20 bits per heavy atom. The van der Waals surface area contributed by atoms with E-state index in [2.05, 4.69) is 5.32 Å². The molecule has 0 atom stereocenters. The number of hydrogen-bond acceptors (Lipinski definition) is 4. The molecule has 0 bridgehead atoms. The maximum absolute atomic E-state index is 12.2. The number of carbonyl (C=O) groups excluding carboxylic acids is 1. The highest BCUT2D eigenvalue weighted by atomic mass is 35.5. The molecule has 1 amide bonds. The molecule has 0 unspecified atom stereocenters. The smallest absolute Gasteiger partial charge is 0.251 e. The van der Waals surface area contributed by atoms with Gasteiger partial charge >= 0.3 is 0 Å². The number of anilines is 1. The minimum Gasteiger partial charge on any atom is -0.497 e. The van der Waals surface area contributed by atoms with Gasteiger partial charge < -0.3 is 10.1 Å². The van der Waals surface area contributed by atoms with Crippen molar-refractivity contribution < 1.29 is 17.9 Å². The van der Waals surface area contributed by atoms with Crippen LogP contribution in [0.3, 0.4) is 0 Å². The van der Waals surface area contributed by atoms with Crippen LogP contribution in [0.2, 0.25) is 5.02 Å². The molecule has 0 saturated heterocycles. The van der Waals surface area contributed by atoms with Crippen molar-refractivity contribution in [3.05, 3.63) is 59.1 Å². The maximum atomic E-state index is 12.2. The van der Waals surface area contributed by atoms with Crippen LogP contribution in [0.4, 0.5) is 5.69 Å². The van der Waals surface area contributed by atoms with Crippen molar-refractivity contribution in [3.63, 3.8) is 0 Å². The number of benzene rings is 2. The highest BCUT2D eigenvalue weighted by Gasteiger charge is 2.17. The minimum absolute atomic E-state index is 0.107. The summed E-state index contributed by atoms with van der Waals surface area (Å²) in [6.45, 7) is 0.266. The van der Waals surface area contributed by atoms with Gasteiger partial charge in [0.1, 0.15) is 5.75 Å². The number of carbonyl (C=O) groups is 1. The molecule has 2 aromatic rings. The van der Waals surface area contributed by atoms with Gasteiger partial charge in [-0.15, -0.1) is 0 Å². The van der Waals surface area contributed by atoms with E-state index >= 15 is 0 Å². The molecule has 25 heavy (non-hydrogen) atoms. The quantitative estimate of drug-likeness (QED) is 0.798. The van der Waals surface area contributed by atoms with Gasteiger partial charge in [-0.25, -0.2) is 8.42 Å². The van der Waals surface area contributed by atoms with Crippen molar-refractivity contribution in [2.45, 2.75) is 0 Å². The Morgan fingerprint density at radius 2 is 1.88 bits per heavy atom. The molecule has 8 heteroatoms. The van der Waals surface area contributed by atoms with Gasteiger partial charge in [0.15, 0.2) is 0 Å². The fraction of sp³-hybridized carbons (Fsp3) is 0.235. The summed E-state index contributed by atoms with van der Waals surface area (Å²) in [5, 5.41) is 3.22. The molecule has 0 aliphatic carbocycles. The molecule has 0 aliphatic heterocycles. The summed E-state index contributed by atoms with van der Waals surface area (Å²) in [6.07, 6.45) is 1.12. The zero-order chi connectivity index (χ0) is 18.4. The predicted octanol–water partition coefficient (Wildman–Crippen LogP) is 2.54. The highest BCUT2D eigenvalue weighted by molar-refractivity contribution is 7.92. The molecule has 1 N–H and O–H groups in total. The van der Waals surface area contributed by atoms with E-state index in [1.54, 1.807) is 48.5 Å². The first-order valence-electron chi connectivity index (χ1n) is 7.47. The van der Waals surface area contributed by atoms with Gasteiger partial charge in [0.05, 0.1) is 25.6 Å². The Labute approximate surface area is 152 Å². The Hall–Kier alpha value is -2.25. The molecule has 0 aromatic heterocycles. The van der Waals surface area contributed by atoms with Gasteiger partial charge in [0, 0.05) is 17.1 Å². The van der Waals surface area contributed by atoms with Crippen molar-refractivity contribution >= 4 is 33.2 Å². The van der Waals surface area contributed by atoms with E-state index in [0.29, 0.717) is 22.0 Å². The third-order valence-corrected chi connectivity index (χ3v) is 4.89. The van der Waals surface area contributed by atoms with Gasteiger partial charge in [0.2, 0.25) is 10.0 Å². The van der Waals surface area contributed by atoms with Gasteiger partial charge in [-0.1, -0.05) is 17.7 Å². The molecule has 2 rings (SSSR count). The molecule has 0 radical (unpaired) electrons. The van der Waals surface area contributed by atoms with Gasteiger partial charge in [-0.05, 0) is 42.5 Å². The fourth-order valence-electron chi connectivity index (χ4n) is 2.23.